The van der Waals surface area contributed by atoms with Crippen LogP contribution >= 0.6 is 0 Å². The minimum atomic E-state index is -0.130. The van der Waals surface area contributed by atoms with Gasteiger partial charge in [0.1, 0.15) is 5.75 Å². The van der Waals surface area contributed by atoms with Gasteiger partial charge in [-0.1, -0.05) is 24.3 Å². The number of aliphatic hydroxyl groups excluding tert-OH is 1. The van der Waals surface area contributed by atoms with Crippen LogP contribution < -0.4 is 5.32 Å². The minimum Gasteiger partial charge on any atom is -0.507 e. The highest BCUT2D eigenvalue weighted by Crippen LogP contribution is 2.31. The number of fused-ring (bicyclic) bond motifs is 1. The van der Waals surface area contributed by atoms with Crippen molar-refractivity contribution in [1.29, 1.82) is 0 Å². The van der Waals surface area contributed by atoms with E-state index < -0.39 is 0 Å². The molecule has 0 aliphatic heterocycles. The summed E-state index contributed by atoms with van der Waals surface area (Å²) in [4.78, 5) is 0. The number of benzene rings is 2. The van der Waals surface area contributed by atoms with E-state index in [4.69, 9.17) is 0 Å². The molecule has 0 radical (unpaired) electrons. The number of hydrogen-bond acceptors (Lipinski definition) is 3. The molecule has 2 aromatic carbocycles. The van der Waals surface area contributed by atoms with Gasteiger partial charge in [-0.3, -0.25) is 0 Å². The van der Waals surface area contributed by atoms with Gasteiger partial charge < -0.3 is 15.5 Å². The Morgan fingerprint density at radius 2 is 1.58 bits per heavy atom. The van der Waals surface area contributed by atoms with Crippen LogP contribution in [0, 0.1) is 0 Å². The lowest BCUT2D eigenvalue weighted by molar-refractivity contribution is 0.126. The molecule has 1 fully saturated rings. The fourth-order valence-corrected chi connectivity index (χ4v) is 2.86. The van der Waals surface area contributed by atoms with E-state index in [9.17, 15) is 10.2 Å². The Kier molecular flexibility index (Phi) is 3.30. The SMILES string of the molecule is Oc1cccc2c(NC3CCC(O)CC3)cccc12. The molecular weight excluding hydrogens is 238 g/mol. The van der Waals surface area contributed by atoms with Crippen molar-refractivity contribution in [2.75, 3.05) is 5.32 Å². The van der Waals surface area contributed by atoms with Crippen LogP contribution in [0.5, 0.6) is 5.75 Å². The number of hydrogen-bond donors (Lipinski definition) is 3. The number of aromatic hydroxyl groups is 1. The molecule has 0 unspecified atom stereocenters. The zero-order valence-corrected chi connectivity index (χ0v) is 10.8. The topological polar surface area (TPSA) is 52.5 Å². The summed E-state index contributed by atoms with van der Waals surface area (Å²) in [5.41, 5.74) is 1.06. The lowest BCUT2D eigenvalue weighted by Gasteiger charge is -2.27. The number of phenolic OH excluding ortho intramolecular Hbond substituents is 1. The summed E-state index contributed by atoms with van der Waals surface area (Å²) in [6, 6.07) is 12.0. The zero-order valence-electron chi connectivity index (χ0n) is 10.8. The zero-order chi connectivity index (χ0) is 13.2. The Bertz CT molecular complexity index is 574. The highest BCUT2D eigenvalue weighted by Gasteiger charge is 2.19. The molecular formula is C16H19NO2. The van der Waals surface area contributed by atoms with Gasteiger partial charge >= 0.3 is 0 Å². The van der Waals surface area contributed by atoms with Crippen molar-refractivity contribution in [2.45, 2.75) is 37.8 Å². The van der Waals surface area contributed by atoms with E-state index >= 15 is 0 Å². The van der Waals surface area contributed by atoms with Crippen LogP contribution in [0.1, 0.15) is 25.7 Å². The molecule has 2 aromatic rings. The second-order valence-electron chi connectivity index (χ2n) is 5.33. The molecule has 0 amide bonds. The molecule has 0 spiro atoms. The van der Waals surface area contributed by atoms with Gasteiger partial charge in [0.25, 0.3) is 0 Å². The average molecular weight is 257 g/mol. The molecule has 100 valence electrons. The highest BCUT2D eigenvalue weighted by atomic mass is 16.3. The van der Waals surface area contributed by atoms with E-state index in [2.05, 4.69) is 5.32 Å². The van der Waals surface area contributed by atoms with Crippen molar-refractivity contribution < 1.29 is 10.2 Å². The van der Waals surface area contributed by atoms with Crippen LogP contribution in [0.3, 0.4) is 0 Å². The molecule has 1 saturated carbocycles. The van der Waals surface area contributed by atoms with Crippen molar-refractivity contribution in [1.82, 2.24) is 0 Å². The fraction of sp³-hybridized carbons (Fsp3) is 0.375. The summed E-state index contributed by atoms with van der Waals surface area (Å²) < 4.78 is 0. The standard InChI is InChI=1S/C16H19NO2/c18-12-9-7-11(8-10-12)17-15-5-1-4-14-13(15)3-2-6-16(14)19/h1-6,11-12,17-19H,7-10H2. The Morgan fingerprint density at radius 3 is 2.37 bits per heavy atom. The van der Waals surface area contributed by atoms with Crippen molar-refractivity contribution in [2.24, 2.45) is 0 Å². The molecule has 3 N–H and O–H groups in total. The van der Waals surface area contributed by atoms with Crippen LogP contribution in [-0.4, -0.2) is 22.4 Å². The third-order valence-corrected chi connectivity index (χ3v) is 3.96. The number of anilines is 1. The number of phenols is 1. The minimum absolute atomic E-state index is 0.130. The second kappa shape index (κ2) is 5.10. The Balaban J connectivity index is 1.87. The quantitative estimate of drug-likeness (QED) is 0.774. The van der Waals surface area contributed by atoms with Crippen molar-refractivity contribution in [3.63, 3.8) is 0 Å². The molecule has 3 rings (SSSR count). The van der Waals surface area contributed by atoms with Crippen LogP contribution in [0.2, 0.25) is 0 Å². The predicted octanol–water partition coefficient (Wildman–Crippen LogP) is 3.26. The third kappa shape index (κ3) is 2.51. The molecule has 3 heteroatoms. The first-order chi connectivity index (χ1) is 9.24. The van der Waals surface area contributed by atoms with Gasteiger partial charge in [-0.2, -0.15) is 0 Å². The van der Waals surface area contributed by atoms with Gasteiger partial charge in [0.2, 0.25) is 0 Å². The van der Waals surface area contributed by atoms with Crippen molar-refractivity contribution in [3.8, 4) is 5.75 Å². The maximum Gasteiger partial charge on any atom is 0.123 e. The molecule has 1 aliphatic carbocycles. The highest BCUT2D eigenvalue weighted by molar-refractivity contribution is 5.97. The fourth-order valence-electron chi connectivity index (χ4n) is 2.86. The van der Waals surface area contributed by atoms with Gasteiger partial charge in [-0.25, -0.2) is 0 Å². The van der Waals surface area contributed by atoms with Gasteiger partial charge in [0.15, 0.2) is 0 Å². The van der Waals surface area contributed by atoms with Crippen LogP contribution in [0.15, 0.2) is 36.4 Å². The average Bonchev–Trinajstić information content (AvgIpc) is 2.43. The molecule has 0 heterocycles. The van der Waals surface area contributed by atoms with Crippen molar-refractivity contribution >= 4 is 16.5 Å². The number of nitrogens with one attached hydrogen (secondary N) is 1. The summed E-state index contributed by atoms with van der Waals surface area (Å²) in [5.74, 6) is 0.320. The summed E-state index contributed by atoms with van der Waals surface area (Å²) >= 11 is 0. The molecule has 3 nitrogen and oxygen atoms in total. The third-order valence-electron chi connectivity index (χ3n) is 3.96. The van der Waals surface area contributed by atoms with Gasteiger partial charge in [0.05, 0.1) is 6.10 Å². The number of rotatable bonds is 2. The van der Waals surface area contributed by atoms with E-state index in [0.29, 0.717) is 11.8 Å². The lowest BCUT2D eigenvalue weighted by atomic mass is 9.92. The largest absolute Gasteiger partial charge is 0.507 e. The molecule has 19 heavy (non-hydrogen) atoms. The van der Waals surface area contributed by atoms with Crippen molar-refractivity contribution in [3.05, 3.63) is 36.4 Å². The first kappa shape index (κ1) is 12.3. The van der Waals surface area contributed by atoms with Crippen LogP contribution in [0.4, 0.5) is 5.69 Å². The summed E-state index contributed by atoms with van der Waals surface area (Å²) in [7, 11) is 0. The van der Waals surface area contributed by atoms with Crippen LogP contribution in [0.25, 0.3) is 10.8 Å². The Labute approximate surface area is 112 Å². The van der Waals surface area contributed by atoms with Gasteiger partial charge in [0, 0.05) is 22.5 Å². The molecule has 1 aliphatic rings. The second-order valence-corrected chi connectivity index (χ2v) is 5.33. The first-order valence-corrected chi connectivity index (χ1v) is 6.89. The summed E-state index contributed by atoms with van der Waals surface area (Å²) in [6.45, 7) is 0. The molecule has 0 aromatic heterocycles. The maximum atomic E-state index is 9.88. The smallest absolute Gasteiger partial charge is 0.123 e. The Morgan fingerprint density at radius 1 is 0.895 bits per heavy atom. The van der Waals surface area contributed by atoms with E-state index in [1.54, 1.807) is 6.07 Å². The predicted molar refractivity (Wildman–Crippen MR) is 77.5 cm³/mol. The lowest BCUT2D eigenvalue weighted by Crippen LogP contribution is -2.28. The molecule has 0 bridgehead atoms. The summed E-state index contributed by atoms with van der Waals surface area (Å²) in [6.07, 6.45) is 3.60. The van der Waals surface area contributed by atoms with E-state index in [-0.39, 0.29) is 6.10 Å². The van der Waals surface area contributed by atoms with E-state index in [0.717, 1.165) is 42.1 Å². The molecule has 0 saturated heterocycles. The summed E-state index contributed by atoms with van der Waals surface area (Å²) in [5, 5.41) is 24.9. The first-order valence-electron chi connectivity index (χ1n) is 6.89. The Hall–Kier alpha value is -1.74. The normalized spacial score (nSPS) is 23.4. The molecule has 0 atom stereocenters. The maximum absolute atomic E-state index is 9.88. The van der Waals surface area contributed by atoms with Gasteiger partial charge in [-0.05, 0) is 37.8 Å². The van der Waals surface area contributed by atoms with Gasteiger partial charge in [-0.15, -0.1) is 0 Å². The van der Waals surface area contributed by atoms with Crippen LogP contribution in [-0.2, 0) is 0 Å². The number of aliphatic hydroxyl groups is 1. The monoisotopic (exact) mass is 257 g/mol. The van der Waals surface area contributed by atoms with E-state index in [1.807, 2.05) is 30.3 Å². The van der Waals surface area contributed by atoms with E-state index in [1.165, 1.54) is 0 Å².